The summed E-state index contributed by atoms with van der Waals surface area (Å²) in [6.45, 7) is 5.95. The zero-order valence-electron chi connectivity index (χ0n) is 20.7. The average Bonchev–Trinajstić information content (AvgIpc) is 2.90. The van der Waals surface area contributed by atoms with Crippen molar-refractivity contribution in [1.29, 1.82) is 0 Å². The Hall–Kier alpha value is -3.60. The van der Waals surface area contributed by atoms with Gasteiger partial charge in [-0.05, 0) is 61.9 Å². The molecule has 3 aromatic rings. The first kappa shape index (κ1) is 24.5. The van der Waals surface area contributed by atoms with Gasteiger partial charge in [0.15, 0.2) is 0 Å². The SMILES string of the molecule is CC[C@H](C)NC(=O)c1cc(NC(=O)C(c2ccccc2)c2ccccc2)ccc1N1CCCCC1. The molecule has 1 aliphatic heterocycles. The molecule has 5 heteroatoms. The van der Waals surface area contributed by atoms with Crippen molar-refractivity contribution in [2.45, 2.75) is 51.5 Å². The molecule has 5 nitrogen and oxygen atoms in total. The Balaban J connectivity index is 1.65. The molecule has 4 rings (SSSR count). The Morgan fingerprint density at radius 1 is 0.857 bits per heavy atom. The molecule has 2 amide bonds. The highest BCUT2D eigenvalue weighted by atomic mass is 16.2. The van der Waals surface area contributed by atoms with Crippen LogP contribution in [0.25, 0.3) is 0 Å². The van der Waals surface area contributed by atoms with Gasteiger partial charge in [-0.25, -0.2) is 0 Å². The van der Waals surface area contributed by atoms with Gasteiger partial charge in [0.25, 0.3) is 5.91 Å². The van der Waals surface area contributed by atoms with E-state index >= 15 is 0 Å². The summed E-state index contributed by atoms with van der Waals surface area (Å²) in [5, 5.41) is 6.20. The predicted octanol–water partition coefficient (Wildman–Crippen LogP) is 5.98. The minimum absolute atomic E-state index is 0.0792. The number of nitrogens with zero attached hydrogens (tertiary/aromatic N) is 1. The van der Waals surface area contributed by atoms with Gasteiger partial charge in [0.05, 0.1) is 11.5 Å². The first-order chi connectivity index (χ1) is 17.1. The number of amides is 2. The van der Waals surface area contributed by atoms with Crippen LogP contribution >= 0.6 is 0 Å². The number of anilines is 2. The van der Waals surface area contributed by atoms with Crippen molar-refractivity contribution in [2.24, 2.45) is 0 Å². The van der Waals surface area contributed by atoms with E-state index in [1.54, 1.807) is 0 Å². The van der Waals surface area contributed by atoms with Gasteiger partial charge in [0.2, 0.25) is 5.91 Å². The third-order valence-electron chi connectivity index (χ3n) is 6.72. The molecule has 1 atom stereocenters. The van der Waals surface area contributed by atoms with Gasteiger partial charge in [0.1, 0.15) is 0 Å². The van der Waals surface area contributed by atoms with Crippen LogP contribution in [0.5, 0.6) is 0 Å². The minimum atomic E-state index is -0.448. The van der Waals surface area contributed by atoms with Crippen LogP contribution in [-0.2, 0) is 4.79 Å². The van der Waals surface area contributed by atoms with Crippen molar-refractivity contribution in [3.8, 4) is 0 Å². The summed E-state index contributed by atoms with van der Waals surface area (Å²) in [6, 6.07) is 25.4. The number of hydrogen-bond donors (Lipinski definition) is 2. The maximum absolute atomic E-state index is 13.6. The highest BCUT2D eigenvalue weighted by molar-refractivity contribution is 6.03. The van der Waals surface area contributed by atoms with E-state index in [0.29, 0.717) is 11.3 Å². The second kappa shape index (κ2) is 11.7. The van der Waals surface area contributed by atoms with Crippen LogP contribution in [0.4, 0.5) is 11.4 Å². The number of carbonyl (C=O) groups excluding carboxylic acids is 2. The lowest BCUT2D eigenvalue weighted by atomic mass is 9.90. The summed E-state index contributed by atoms with van der Waals surface area (Å²) in [7, 11) is 0. The molecule has 35 heavy (non-hydrogen) atoms. The van der Waals surface area contributed by atoms with E-state index in [1.807, 2.05) is 85.8 Å². The molecule has 0 saturated carbocycles. The van der Waals surface area contributed by atoms with Crippen LogP contribution in [0.2, 0.25) is 0 Å². The Labute approximate surface area is 208 Å². The van der Waals surface area contributed by atoms with Crippen LogP contribution in [0, 0.1) is 0 Å². The summed E-state index contributed by atoms with van der Waals surface area (Å²) in [6.07, 6.45) is 4.33. The van der Waals surface area contributed by atoms with Crippen molar-refractivity contribution in [1.82, 2.24) is 5.32 Å². The zero-order valence-corrected chi connectivity index (χ0v) is 20.7. The molecule has 0 aliphatic carbocycles. The standard InChI is InChI=1S/C30H35N3O2/c1-3-22(2)31-29(34)26-21-25(17-18-27(26)33-19-11-6-12-20-33)32-30(35)28(23-13-7-4-8-14-23)24-15-9-5-10-16-24/h4-5,7-10,13-18,21-22,28H,3,6,11-12,19-20H2,1-2H3,(H,31,34)(H,32,35)/t22-/m0/s1. The number of benzene rings is 3. The summed E-state index contributed by atoms with van der Waals surface area (Å²) >= 11 is 0. The number of piperidine rings is 1. The van der Waals surface area contributed by atoms with Crippen LogP contribution in [0.3, 0.4) is 0 Å². The van der Waals surface area contributed by atoms with Crippen molar-refractivity contribution in [2.75, 3.05) is 23.3 Å². The van der Waals surface area contributed by atoms with Crippen molar-refractivity contribution >= 4 is 23.2 Å². The number of carbonyl (C=O) groups is 2. The molecule has 1 heterocycles. The Bertz CT molecular complexity index is 1090. The average molecular weight is 470 g/mol. The monoisotopic (exact) mass is 469 g/mol. The minimum Gasteiger partial charge on any atom is -0.371 e. The highest BCUT2D eigenvalue weighted by Crippen LogP contribution is 2.30. The molecule has 182 valence electrons. The molecule has 2 N–H and O–H groups in total. The van der Waals surface area contributed by atoms with Crippen LogP contribution in [-0.4, -0.2) is 30.9 Å². The number of rotatable bonds is 8. The topological polar surface area (TPSA) is 61.4 Å². The fourth-order valence-electron chi connectivity index (χ4n) is 4.61. The van der Waals surface area contributed by atoms with E-state index in [0.717, 1.165) is 49.2 Å². The predicted molar refractivity (Wildman–Crippen MR) is 143 cm³/mol. The largest absolute Gasteiger partial charge is 0.371 e. The highest BCUT2D eigenvalue weighted by Gasteiger charge is 2.24. The number of nitrogens with one attached hydrogen (secondary N) is 2. The van der Waals surface area contributed by atoms with Gasteiger partial charge in [0, 0.05) is 30.5 Å². The lowest BCUT2D eigenvalue weighted by Crippen LogP contribution is -2.35. The molecule has 1 aliphatic rings. The maximum Gasteiger partial charge on any atom is 0.253 e. The lowest BCUT2D eigenvalue weighted by Gasteiger charge is -2.31. The van der Waals surface area contributed by atoms with Crippen molar-refractivity contribution in [3.05, 3.63) is 95.6 Å². The number of hydrogen-bond acceptors (Lipinski definition) is 3. The first-order valence-corrected chi connectivity index (χ1v) is 12.7. The molecular formula is C30H35N3O2. The van der Waals surface area contributed by atoms with Crippen molar-refractivity contribution < 1.29 is 9.59 Å². The van der Waals surface area contributed by atoms with Gasteiger partial charge in [-0.15, -0.1) is 0 Å². The van der Waals surface area contributed by atoms with Gasteiger partial charge >= 0.3 is 0 Å². The van der Waals surface area contributed by atoms with Gasteiger partial charge in [-0.1, -0.05) is 67.6 Å². The van der Waals surface area contributed by atoms with E-state index in [9.17, 15) is 9.59 Å². The second-order valence-corrected chi connectivity index (χ2v) is 9.31. The van der Waals surface area contributed by atoms with Crippen molar-refractivity contribution in [3.63, 3.8) is 0 Å². The third-order valence-corrected chi connectivity index (χ3v) is 6.72. The zero-order chi connectivity index (χ0) is 24.6. The maximum atomic E-state index is 13.6. The first-order valence-electron chi connectivity index (χ1n) is 12.7. The molecule has 3 aromatic carbocycles. The molecule has 0 bridgehead atoms. The fourth-order valence-corrected chi connectivity index (χ4v) is 4.61. The molecule has 0 radical (unpaired) electrons. The molecule has 1 fully saturated rings. The molecule has 0 spiro atoms. The van der Waals surface area contributed by atoms with E-state index in [4.69, 9.17) is 0 Å². The molecular weight excluding hydrogens is 434 g/mol. The van der Waals surface area contributed by atoms with Crippen LogP contribution in [0.15, 0.2) is 78.9 Å². The van der Waals surface area contributed by atoms with E-state index < -0.39 is 5.92 Å². The Morgan fingerprint density at radius 3 is 2.03 bits per heavy atom. The fraction of sp³-hybridized carbons (Fsp3) is 0.333. The second-order valence-electron chi connectivity index (χ2n) is 9.31. The molecule has 0 unspecified atom stereocenters. The third kappa shape index (κ3) is 6.10. The van der Waals surface area contributed by atoms with Gasteiger partial charge in [-0.3, -0.25) is 9.59 Å². The summed E-state index contributed by atoms with van der Waals surface area (Å²) in [5.41, 5.74) is 4.03. The van der Waals surface area contributed by atoms with E-state index in [1.165, 1.54) is 6.42 Å². The van der Waals surface area contributed by atoms with Crippen LogP contribution in [0.1, 0.15) is 66.9 Å². The lowest BCUT2D eigenvalue weighted by molar-refractivity contribution is -0.116. The summed E-state index contributed by atoms with van der Waals surface area (Å²) in [4.78, 5) is 29.1. The normalized spacial score (nSPS) is 14.4. The summed E-state index contributed by atoms with van der Waals surface area (Å²) < 4.78 is 0. The Kier molecular flexibility index (Phi) is 8.19. The Morgan fingerprint density at radius 2 is 1.46 bits per heavy atom. The molecule has 1 saturated heterocycles. The van der Waals surface area contributed by atoms with E-state index in [2.05, 4.69) is 22.5 Å². The molecule has 0 aromatic heterocycles. The van der Waals surface area contributed by atoms with E-state index in [-0.39, 0.29) is 17.9 Å². The van der Waals surface area contributed by atoms with Crippen LogP contribution < -0.4 is 15.5 Å². The smallest absolute Gasteiger partial charge is 0.253 e. The van der Waals surface area contributed by atoms with Gasteiger partial charge < -0.3 is 15.5 Å². The van der Waals surface area contributed by atoms with Gasteiger partial charge in [-0.2, -0.15) is 0 Å². The quantitative estimate of drug-likeness (QED) is 0.427. The summed E-state index contributed by atoms with van der Waals surface area (Å²) in [5.74, 6) is -0.670.